The fraction of sp³-hybridized carbons (Fsp3) is 0.167. The van der Waals surface area contributed by atoms with E-state index >= 15 is 0 Å². The molecule has 0 radical (unpaired) electrons. The van der Waals surface area contributed by atoms with E-state index in [9.17, 15) is 14.7 Å². The van der Waals surface area contributed by atoms with Crippen molar-refractivity contribution in [2.24, 2.45) is 0 Å². The molecule has 1 fully saturated rings. The molecule has 1 saturated heterocycles. The lowest BCUT2D eigenvalue weighted by atomic mass is 9.94. The second-order valence-electron chi connectivity index (χ2n) is 6.98. The molecule has 1 atom stereocenters. The molecule has 0 saturated carbocycles. The van der Waals surface area contributed by atoms with Crippen LogP contribution >= 0.6 is 0 Å². The van der Waals surface area contributed by atoms with Gasteiger partial charge in [0.1, 0.15) is 23.0 Å². The Morgan fingerprint density at radius 1 is 1.03 bits per heavy atom. The number of furan rings is 1. The van der Waals surface area contributed by atoms with E-state index in [1.54, 1.807) is 60.7 Å². The number of nitrogens with zero attached hydrogens (tertiary/aromatic N) is 1. The first-order valence-electron chi connectivity index (χ1n) is 9.63. The molecule has 0 aliphatic carbocycles. The third kappa shape index (κ3) is 3.66. The van der Waals surface area contributed by atoms with Gasteiger partial charge in [-0.1, -0.05) is 30.3 Å². The van der Waals surface area contributed by atoms with Crippen LogP contribution in [0.2, 0.25) is 0 Å². The van der Waals surface area contributed by atoms with E-state index in [-0.39, 0.29) is 17.9 Å². The highest BCUT2D eigenvalue weighted by molar-refractivity contribution is 6.46. The second-order valence-corrected chi connectivity index (χ2v) is 6.98. The minimum absolute atomic E-state index is 0.0192. The number of rotatable bonds is 6. The number of ether oxygens (including phenoxy) is 2. The summed E-state index contributed by atoms with van der Waals surface area (Å²) in [6, 6.07) is 16.3. The van der Waals surface area contributed by atoms with Crippen LogP contribution in [0.4, 0.5) is 0 Å². The highest BCUT2D eigenvalue weighted by Crippen LogP contribution is 2.44. The van der Waals surface area contributed by atoms with E-state index in [0.29, 0.717) is 28.4 Å². The summed E-state index contributed by atoms with van der Waals surface area (Å²) in [5.74, 6) is -0.272. The third-order valence-electron chi connectivity index (χ3n) is 5.22. The topological polar surface area (TPSA) is 89.2 Å². The van der Waals surface area contributed by atoms with Gasteiger partial charge in [-0.3, -0.25) is 9.59 Å². The SMILES string of the molecule is COc1ccc(OC)c([C@H]2C(=C(O)c3ccccc3)C(=O)C(=O)N2Cc2ccco2)c1. The zero-order valence-corrected chi connectivity index (χ0v) is 17.1. The Kier molecular flexibility index (Phi) is 5.49. The lowest BCUT2D eigenvalue weighted by Crippen LogP contribution is -2.29. The Morgan fingerprint density at radius 2 is 1.81 bits per heavy atom. The van der Waals surface area contributed by atoms with Crippen LogP contribution in [0.3, 0.4) is 0 Å². The Labute approximate surface area is 179 Å². The maximum absolute atomic E-state index is 13.1. The van der Waals surface area contributed by atoms with Crippen LogP contribution in [0.1, 0.15) is 22.9 Å². The quantitative estimate of drug-likeness (QED) is 0.370. The Morgan fingerprint density at radius 3 is 2.45 bits per heavy atom. The lowest BCUT2D eigenvalue weighted by molar-refractivity contribution is -0.140. The predicted molar refractivity (Wildman–Crippen MR) is 113 cm³/mol. The molecule has 2 aromatic carbocycles. The van der Waals surface area contributed by atoms with Crippen molar-refractivity contribution in [3.63, 3.8) is 0 Å². The number of likely N-dealkylation sites (tertiary alicyclic amines) is 1. The number of hydrogen-bond acceptors (Lipinski definition) is 6. The molecule has 1 N–H and O–H groups in total. The standard InChI is InChI=1S/C24H21NO6/c1-29-16-10-11-19(30-2)18(13-16)21-20(22(26)15-7-4-3-5-8-15)23(27)24(28)25(21)14-17-9-6-12-31-17/h3-13,21,26H,14H2,1-2H3/t21-/m0/s1. The summed E-state index contributed by atoms with van der Waals surface area (Å²) in [5, 5.41) is 11.1. The molecule has 7 nitrogen and oxygen atoms in total. The average molecular weight is 419 g/mol. The Bertz CT molecular complexity index is 1130. The highest BCUT2D eigenvalue weighted by atomic mass is 16.5. The summed E-state index contributed by atoms with van der Waals surface area (Å²) < 4.78 is 16.3. The first-order valence-corrected chi connectivity index (χ1v) is 9.63. The van der Waals surface area contributed by atoms with E-state index in [0.717, 1.165) is 0 Å². The van der Waals surface area contributed by atoms with E-state index in [1.807, 2.05) is 0 Å². The van der Waals surface area contributed by atoms with Crippen LogP contribution in [-0.4, -0.2) is 35.9 Å². The number of aliphatic hydroxyl groups is 1. The number of amides is 1. The molecule has 4 rings (SSSR count). The van der Waals surface area contributed by atoms with Crippen molar-refractivity contribution in [1.29, 1.82) is 0 Å². The van der Waals surface area contributed by atoms with Gasteiger partial charge >= 0.3 is 0 Å². The smallest absolute Gasteiger partial charge is 0.296 e. The van der Waals surface area contributed by atoms with E-state index in [1.165, 1.54) is 25.4 Å². The fourth-order valence-electron chi connectivity index (χ4n) is 3.74. The molecule has 0 bridgehead atoms. The number of ketones is 1. The first kappa shape index (κ1) is 20.3. The van der Waals surface area contributed by atoms with Gasteiger partial charge in [0.05, 0.1) is 38.6 Å². The zero-order valence-electron chi connectivity index (χ0n) is 17.1. The molecule has 31 heavy (non-hydrogen) atoms. The van der Waals surface area contributed by atoms with Gasteiger partial charge in [0.25, 0.3) is 11.7 Å². The van der Waals surface area contributed by atoms with Gasteiger partial charge in [0.2, 0.25) is 0 Å². The number of carbonyl (C=O) groups excluding carboxylic acids is 2. The molecule has 7 heteroatoms. The average Bonchev–Trinajstić information content (AvgIpc) is 3.41. The normalized spacial score (nSPS) is 17.7. The van der Waals surface area contributed by atoms with Gasteiger partial charge in [-0.05, 0) is 30.3 Å². The number of aliphatic hydroxyl groups excluding tert-OH is 1. The van der Waals surface area contributed by atoms with Gasteiger partial charge in [-0.25, -0.2) is 0 Å². The van der Waals surface area contributed by atoms with Crippen molar-refractivity contribution in [3.8, 4) is 11.5 Å². The van der Waals surface area contributed by atoms with Crippen molar-refractivity contribution in [3.05, 3.63) is 89.4 Å². The Hall–Kier alpha value is -4.00. The fourth-order valence-corrected chi connectivity index (χ4v) is 3.74. The molecular formula is C24H21NO6. The largest absolute Gasteiger partial charge is 0.507 e. The molecule has 1 aliphatic heterocycles. The van der Waals surface area contributed by atoms with E-state index < -0.39 is 17.7 Å². The number of Topliss-reactive ketones (excluding diaryl/α,β-unsaturated/α-hetero) is 1. The molecule has 1 amide bonds. The van der Waals surface area contributed by atoms with E-state index in [4.69, 9.17) is 13.9 Å². The lowest BCUT2D eigenvalue weighted by Gasteiger charge is -2.26. The summed E-state index contributed by atoms with van der Waals surface area (Å²) in [6.45, 7) is 0.0498. The molecule has 0 unspecified atom stereocenters. The van der Waals surface area contributed by atoms with Crippen molar-refractivity contribution in [2.45, 2.75) is 12.6 Å². The zero-order chi connectivity index (χ0) is 22.0. The molecule has 2 heterocycles. The third-order valence-corrected chi connectivity index (χ3v) is 5.22. The van der Waals surface area contributed by atoms with Crippen molar-refractivity contribution < 1.29 is 28.6 Å². The number of benzene rings is 2. The maximum Gasteiger partial charge on any atom is 0.296 e. The maximum atomic E-state index is 13.1. The van der Waals surface area contributed by atoms with Gasteiger partial charge in [-0.15, -0.1) is 0 Å². The number of carbonyl (C=O) groups is 2. The van der Waals surface area contributed by atoms with Crippen LogP contribution in [0, 0.1) is 0 Å². The molecule has 0 spiro atoms. The minimum Gasteiger partial charge on any atom is -0.507 e. The summed E-state index contributed by atoms with van der Waals surface area (Å²) in [5.41, 5.74) is 0.935. The highest BCUT2D eigenvalue weighted by Gasteiger charge is 2.47. The van der Waals surface area contributed by atoms with E-state index in [2.05, 4.69) is 0 Å². The second kappa shape index (κ2) is 8.39. The summed E-state index contributed by atoms with van der Waals surface area (Å²) in [7, 11) is 3.02. The van der Waals surface area contributed by atoms with Crippen LogP contribution in [0.15, 0.2) is 76.9 Å². The van der Waals surface area contributed by atoms with Gasteiger partial charge in [-0.2, -0.15) is 0 Å². The van der Waals surface area contributed by atoms with Gasteiger partial charge in [0, 0.05) is 11.1 Å². The van der Waals surface area contributed by atoms with Crippen LogP contribution in [0.25, 0.3) is 5.76 Å². The molecule has 3 aromatic rings. The van der Waals surface area contributed by atoms with Gasteiger partial charge in [0.15, 0.2) is 0 Å². The van der Waals surface area contributed by atoms with Crippen molar-refractivity contribution in [2.75, 3.05) is 14.2 Å². The van der Waals surface area contributed by atoms with Crippen LogP contribution in [-0.2, 0) is 16.1 Å². The minimum atomic E-state index is -0.893. The Balaban J connectivity index is 1.94. The van der Waals surface area contributed by atoms with Crippen molar-refractivity contribution in [1.82, 2.24) is 4.90 Å². The monoisotopic (exact) mass is 419 g/mol. The van der Waals surface area contributed by atoms with Crippen LogP contribution in [0.5, 0.6) is 11.5 Å². The van der Waals surface area contributed by atoms with Gasteiger partial charge < -0.3 is 23.9 Å². The summed E-state index contributed by atoms with van der Waals surface area (Å²) in [6.07, 6.45) is 1.50. The summed E-state index contributed by atoms with van der Waals surface area (Å²) >= 11 is 0. The van der Waals surface area contributed by atoms with Crippen molar-refractivity contribution >= 4 is 17.4 Å². The first-order chi connectivity index (χ1) is 15.0. The molecule has 158 valence electrons. The molecular weight excluding hydrogens is 398 g/mol. The molecule has 1 aliphatic rings. The summed E-state index contributed by atoms with van der Waals surface area (Å²) in [4.78, 5) is 27.5. The van der Waals surface area contributed by atoms with Crippen LogP contribution < -0.4 is 9.47 Å². The number of hydrogen-bond donors (Lipinski definition) is 1. The predicted octanol–water partition coefficient (Wildman–Crippen LogP) is 3.92. The molecule has 1 aromatic heterocycles. The number of methoxy groups -OCH3 is 2.